The van der Waals surface area contributed by atoms with E-state index in [1.165, 1.54) is 13.1 Å². The number of para-hydroxylation sites is 2. The summed E-state index contributed by atoms with van der Waals surface area (Å²) in [7, 11) is 1.56. The van der Waals surface area contributed by atoms with E-state index in [0.29, 0.717) is 34.3 Å². The molecule has 0 aliphatic heterocycles. The molecule has 0 bridgehead atoms. The summed E-state index contributed by atoms with van der Waals surface area (Å²) in [6.45, 7) is 1.41. The Hall–Kier alpha value is -3.87. The van der Waals surface area contributed by atoms with Crippen LogP contribution in [0.2, 0.25) is 0 Å². The maximum Gasteiger partial charge on any atom is 0.255 e. The molecule has 0 saturated carbocycles. The molecule has 1 heterocycles. The summed E-state index contributed by atoms with van der Waals surface area (Å²) < 4.78 is 10.9. The molecule has 28 heavy (non-hydrogen) atoms. The van der Waals surface area contributed by atoms with Crippen LogP contribution in [0.4, 0.5) is 11.4 Å². The van der Waals surface area contributed by atoms with Gasteiger partial charge in [0.15, 0.2) is 11.5 Å². The normalized spacial score (nSPS) is 10.1. The molecule has 7 heteroatoms. The van der Waals surface area contributed by atoms with Gasteiger partial charge in [-0.05, 0) is 36.4 Å². The van der Waals surface area contributed by atoms with Crippen LogP contribution in [0, 0.1) is 0 Å². The molecule has 0 spiro atoms. The third-order valence-corrected chi connectivity index (χ3v) is 3.72. The number of benzene rings is 2. The molecule has 0 atom stereocenters. The number of hydrogen-bond donors (Lipinski definition) is 2. The molecule has 0 aliphatic rings. The second kappa shape index (κ2) is 8.68. The highest BCUT2D eigenvalue weighted by molar-refractivity contribution is 6.05. The zero-order valence-electron chi connectivity index (χ0n) is 15.4. The average molecular weight is 377 g/mol. The summed E-state index contributed by atoms with van der Waals surface area (Å²) in [4.78, 5) is 27.8. The fraction of sp³-hybridized carbons (Fsp3) is 0.0952. The van der Waals surface area contributed by atoms with E-state index in [1.807, 2.05) is 12.1 Å². The molecular formula is C21H19N3O4. The molecular weight excluding hydrogens is 358 g/mol. The first-order valence-electron chi connectivity index (χ1n) is 8.51. The van der Waals surface area contributed by atoms with Crippen LogP contribution in [-0.4, -0.2) is 23.9 Å². The fourth-order valence-electron chi connectivity index (χ4n) is 2.48. The topological polar surface area (TPSA) is 89.5 Å². The Bertz CT molecular complexity index is 987. The molecule has 0 saturated heterocycles. The first-order valence-corrected chi connectivity index (χ1v) is 8.51. The number of methoxy groups -OCH3 is 1. The number of aromatic nitrogens is 1. The van der Waals surface area contributed by atoms with Crippen molar-refractivity contribution in [3.05, 3.63) is 72.4 Å². The molecule has 2 amide bonds. The number of rotatable bonds is 6. The van der Waals surface area contributed by atoms with Gasteiger partial charge in [-0.1, -0.05) is 18.2 Å². The third-order valence-electron chi connectivity index (χ3n) is 3.72. The SMILES string of the molecule is COc1ccccc1Oc1ccc(NC(=O)c2cccc(NC(C)=O)c2)cn1. The summed E-state index contributed by atoms with van der Waals surface area (Å²) in [6, 6.07) is 17.3. The Balaban J connectivity index is 1.67. The monoisotopic (exact) mass is 377 g/mol. The van der Waals surface area contributed by atoms with E-state index in [2.05, 4.69) is 15.6 Å². The van der Waals surface area contributed by atoms with Crippen molar-refractivity contribution in [3.8, 4) is 17.4 Å². The molecule has 142 valence electrons. The molecule has 3 aromatic rings. The van der Waals surface area contributed by atoms with Crippen molar-refractivity contribution < 1.29 is 19.1 Å². The van der Waals surface area contributed by atoms with Gasteiger partial charge in [-0.15, -0.1) is 0 Å². The van der Waals surface area contributed by atoms with Crippen LogP contribution < -0.4 is 20.1 Å². The standard InChI is InChI=1S/C21H19N3O4/c1-14(25)23-16-7-5-6-15(12-16)21(26)24-17-10-11-20(22-13-17)28-19-9-4-3-8-18(19)27-2/h3-13H,1-2H3,(H,23,25)(H,24,26). The van der Waals surface area contributed by atoms with Crippen LogP contribution in [0.5, 0.6) is 17.4 Å². The zero-order valence-corrected chi connectivity index (χ0v) is 15.4. The fourth-order valence-corrected chi connectivity index (χ4v) is 2.48. The van der Waals surface area contributed by atoms with E-state index in [4.69, 9.17) is 9.47 Å². The number of amides is 2. The van der Waals surface area contributed by atoms with Gasteiger partial charge in [-0.25, -0.2) is 4.98 Å². The lowest BCUT2D eigenvalue weighted by molar-refractivity contribution is -0.114. The van der Waals surface area contributed by atoms with Crippen LogP contribution in [0.1, 0.15) is 17.3 Å². The maximum absolute atomic E-state index is 12.4. The molecule has 2 N–H and O–H groups in total. The van der Waals surface area contributed by atoms with Gasteiger partial charge in [0.25, 0.3) is 5.91 Å². The van der Waals surface area contributed by atoms with Crippen molar-refractivity contribution in [2.75, 3.05) is 17.7 Å². The minimum absolute atomic E-state index is 0.201. The number of ether oxygens (including phenoxy) is 2. The number of nitrogens with zero attached hydrogens (tertiary/aromatic N) is 1. The number of pyridine rings is 1. The molecule has 0 fully saturated rings. The summed E-state index contributed by atoms with van der Waals surface area (Å²) in [5, 5.41) is 5.40. The van der Waals surface area contributed by atoms with Crippen molar-refractivity contribution in [3.63, 3.8) is 0 Å². The molecule has 3 rings (SSSR count). The summed E-state index contributed by atoms with van der Waals surface area (Å²) >= 11 is 0. The predicted molar refractivity (Wildman–Crippen MR) is 106 cm³/mol. The van der Waals surface area contributed by atoms with Gasteiger partial charge in [0.1, 0.15) is 0 Å². The quantitative estimate of drug-likeness (QED) is 0.675. The Labute approximate surface area is 162 Å². The predicted octanol–water partition coefficient (Wildman–Crippen LogP) is 4.09. The number of nitrogens with one attached hydrogen (secondary N) is 2. The highest BCUT2D eigenvalue weighted by atomic mass is 16.5. The summed E-state index contributed by atoms with van der Waals surface area (Å²) in [5.74, 6) is 1.000. The van der Waals surface area contributed by atoms with Crippen LogP contribution in [-0.2, 0) is 4.79 Å². The highest BCUT2D eigenvalue weighted by Crippen LogP contribution is 2.30. The van der Waals surface area contributed by atoms with Gasteiger partial charge in [0, 0.05) is 24.2 Å². The van der Waals surface area contributed by atoms with E-state index in [1.54, 1.807) is 55.6 Å². The van der Waals surface area contributed by atoms with E-state index < -0.39 is 0 Å². The van der Waals surface area contributed by atoms with Crippen molar-refractivity contribution in [2.45, 2.75) is 6.92 Å². The molecule has 1 aromatic heterocycles. The van der Waals surface area contributed by atoms with E-state index in [0.717, 1.165) is 0 Å². The van der Waals surface area contributed by atoms with Crippen molar-refractivity contribution in [2.24, 2.45) is 0 Å². The first-order chi connectivity index (χ1) is 13.5. The minimum atomic E-state index is -0.313. The molecule has 7 nitrogen and oxygen atoms in total. The van der Waals surface area contributed by atoms with Gasteiger partial charge >= 0.3 is 0 Å². The lowest BCUT2D eigenvalue weighted by Gasteiger charge is -2.10. The van der Waals surface area contributed by atoms with Gasteiger partial charge in [0.2, 0.25) is 11.8 Å². The Morgan fingerprint density at radius 1 is 0.893 bits per heavy atom. The number of carbonyl (C=O) groups excluding carboxylic acids is 2. The van der Waals surface area contributed by atoms with Crippen LogP contribution >= 0.6 is 0 Å². The molecule has 2 aromatic carbocycles. The Kier molecular flexibility index (Phi) is 5.86. The van der Waals surface area contributed by atoms with Crippen LogP contribution in [0.25, 0.3) is 0 Å². The second-order valence-corrected chi connectivity index (χ2v) is 5.85. The number of anilines is 2. The van der Waals surface area contributed by atoms with Crippen molar-refractivity contribution in [1.82, 2.24) is 4.98 Å². The number of hydrogen-bond acceptors (Lipinski definition) is 5. The molecule has 0 radical (unpaired) electrons. The lowest BCUT2D eigenvalue weighted by Crippen LogP contribution is -2.13. The van der Waals surface area contributed by atoms with E-state index in [9.17, 15) is 9.59 Å². The lowest BCUT2D eigenvalue weighted by atomic mass is 10.2. The van der Waals surface area contributed by atoms with Crippen molar-refractivity contribution in [1.29, 1.82) is 0 Å². The smallest absolute Gasteiger partial charge is 0.255 e. The van der Waals surface area contributed by atoms with Crippen LogP contribution in [0.3, 0.4) is 0 Å². The third kappa shape index (κ3) is 4.85. The van der Waals surface area contributed by atoms with Crippen molar-refractivity contribution >= 4 is 23.2 Å². The van der Waals surface area contributed by atoms with Gasteiger partial charge in [-0.2, -0.15) is 0 Å². The van der Waals surface area contributed by atoms with E-state index in [-0.39, 0.29) is 11.8 Å². The molecule has 0 unspecified atom stereocenters. The summed E-state index contributed by atoms with van der Waals surface area (Å²) in [5.41, 5.74) is 1.49. The summed E-state index contributed by atoms with van der Waals surface area (Å²) in [6.07, 6.45) is 1.50. The average Bonchev–Trinajstić information content (AvgIpc) is 2.69. The minimum Gasteiger partial charge on any atom is -0.493 e. The Morgan fingerprint density at radius 3 is 2.36 bits per heavy atom. The van der Waals surface area contributed by atoms with Crippen LogP contribution in [0.15, 0.2) is 66.9 Å². The van der Waals surface area contributed by atoms with E-state index >= 15 is 0 Å². The molecule has 0 aliphatic carbocycles. The second-order valence-electron chi connectivity index (χ2n) is 5.85. The Morgan fingerprint density at radius 2 is 1.68 bits per heavy atom. The zero-order chi connectivity index (χ0) is 19.9. The van der Waals surface area contributed by atoms with Gasteiger partial charge in [-0.3, -0.25) is 9.59 Å². The maximum atomic E-state index is 12.4. The highest BCUT2D eigenvalue weighted by Gasteiger charge is 2.09. The number of carbonyl (C=O) groups is 2. The van der Waals surface area contributed by atoms with Gasteiger partial charge in [0.05, 0.1) is 19.0 Å². The largest absolute Gasteiger partial charge is 0.493 e. The first kappa shape index (κ1) is 18.9. The van der Waals surface area contributed by atoms with Gasteiger partial charge < -0.3 is 20.1 Å².